The third-order valence-electron chi connectivity index (χ3n) is 3.79. The molecule has 0 spiro atoms. The van der Waals surface area contributed by atoms with E-state index in [4.69, 9.17) is 4.98 Å². The zero-order chi connectivity index (χ0) is 11.8. The molecule has 1 saturated carbocycles. The van der Waals surface area contributed by atoms with Crippen LogP contribution in [-0.4, -0.2) is 24.6 Å². The molecule has 0 radical (unpaired) electrons. The maximum atomic E-state index is 4.89. The molecule has 0 amide bonds. The molecule has 1 aromatic heterocycles. The highest BCUT2D eigenvalue weighted by atomic mass is 32.1. The number of thiazole rings is 1. The zero-order valence-corrected chi connectivity index (χ0v) is 11.5. The first-order chi connectivity index (χ1) is 8.29. The molecule has 2 aliphatic rings. The average molecular weight is 251 g/mol. The molecule has 0 aliphatic heterocycles. The predicted octanol–water partition coefficient (Wildman–Crippen LogP) is 2.73. The predicted molar refractivity (Wildman–Crippen MR) is 72.9 cm³/mol. The highest BCUT2D eigenvalue weighted by molar-refractivity contribution is 7.15. The molecule has 1 fully saturated rings. The van der Waals surface area contributed by atoms with Crippen molar-refractivity contribution in [3.05, 3.63) is 10.6 Å². The van der Waals surface area contributed by atoms with Crippen LogP contribution in [0.15, 0.2) is 0 Å². The van der Waals surface area contributed by atoms with Crippen molar-refractivity contribution >= 4 is 16.5 Å². The van der Waals surface area contributed by atoms with Crippen molar-refractivity contribution in [2.45, 2.75) is 51.1 Å². The van der Waals surface area contributed by atoms with E-state index in [0.29, 0.717) is 6.04 Å². The summed E-state index contributed by atoms with van der Waals surface area (Å²) in [6.45, 7) is 3.22. The van der Waals surface area contributed by atoms with Gasteiger partial charge >= 0.3 is 0 Å². The standard InChI is InChI=1S/C13H21N3S/c1-3-14-10-5-4-6-11-12(10)15-13(17-11)16(2)9-7-8-9/h9-10,14H,3-8H2,1-2H3. The van der Waals surface area contributed by atoms with E-state index in [9.17, 15) is 0 Å². The van der Waals surface area contributed by atoms with E-state index >= 15 is 0 Å². The Labute approximate surface area is 107 Å². The summed E-state index contributed by atoms with van der Waals surface area (Å²) in [7, 11) is 2.20. The summed E-state index contributed by atoms with van der Waals surface area (Å²) in [5.41, 5.74) is 1.34. The number of hydrogen-bond donors (Lipinski definition) is 1. The van der Waals surface area contributed by atoms with Crippen molar-refractivity contribution in [1.29, 1.82) is 0 Å². The van der Waals surface area contributed by atoms with Crippen molar-refractivity contribution in [3.8, 4) is 0 Å². The second-order valence-electron chi connectivity index (χ2n) is 5.15. The second kappa shape index (κ2) is 4.58. The molecule has 0 aromatic carbocycles. The van der Waals surface area contributed by atoms with Gasteiger partial charge in [0, 0.05) is 18.0 Å². The Morgan fingerprint density at radius 2 is 2.24 bits per heavy atom. The molecule has 94 valence electrons. The zero-order valence-electron chi connectivity index (χ0n) is 10.7. The van der Waals surface area contributed by atoms with Crippen molar-refractivity contribution in [2.24, 2.45) is 0 Å². The van der Waals surface area contributed by atoms with Crippen molar-refractivity contribution in [3.63, 3.8) is 0 Å². The van der Waals surface area contributed by atoms with Crippen molar-refractivity contribution < 1.29 is 0 Å². The molecule has 17 heavy (non-hydrogen) atoms. The van der Waals surface area contributed by atoms with Crippen LogP contribution >= 0.6 is 11.3 Å². The van der Waals surface area contributed by atoms with Gasteiger partial charge in [-0.25, -0.2) is 4.98 Å². The number of rotatable bonds is 4. The van der Waals surface area contributed by atoms with Crippen LogP contribution < -0.4 is 10.2 Å². The lowest BCUT2D eigenvalue weighted by molar-refractivity contribution is 0.465. The van der Waals surface area contributed by atoms with Gasteiger partial charge in [-0.1, -0.05) is 6.92 Å². The highest BCUT2D eigenvalue weighted by Gasteiger charge is 2.31. The summed E-state index contributed by atoms with van der Waals surface area (Å²) in [5.74, 6) is 0. The first-order valence-corrected chi connectivity index (χ1v) is 7.57. The first-order valence-electron chi connectivity index (χ1n) is 6.75. The Bertz CT molecular complexity index is 397. The van der Waals surface area contributed by atoms with E-state index in [0.717, 1.165) is 12.6 Å². The molecule has 1 atom stereocenters. The molecule has 0 bridgehead atoms. The summed E-state index contributed by atoms with van der Waals surface area (Å²) in [4.78, 5) is 8.79. The van der Waals surface area contributed by atoms with Crippen LogP contribution in [0.2, 0.25) is 0 Å². The highest BCUT2D eigenvalue weighted by Crippen LogP contribution is 2.39. The SMILES string of the molecule is CCNC1CCCc2sc(N(C)C3CC3)nc21. The average Bonchev–Trinajstić information content (AvgIpc) is 3.08. The van der Waals surface area contributed by atoms with Crippen LogP contribution in [0.4, 0.5) is 5.13 Å². The van der Waals surface area contributed by atoms with Crippen LogP contribution in [0.1, 0.15) is 49.2 Å². The minimum absolute atomic E-state index is 0.501. The Morgan fingerprint density at radius 3 is 2.94 bits per heavy atom. The lowest BCUT2D eigenvalue weighted by Crippen LogP contribution is -2.25. The number of aromatic nitrogens is 1. The van der Waals surface area contributed by atoms with Gasteiger partial charge in [-0.15, -0.1) is 11.3 Å². The van der Waals surface area contributed by atoms with Gasteiger partial charge in [0.1, 0.15) is 0 Å². The van der Waals surface area contributed by atoms with Crippen LogP contribution in [0.3, 0.4) is 0 Å². The van der Waals surface area contributed by atoms with Gasteiger partial charge in [0.05, 0.1) is 11.7 Å². The lowest BCUT2D eigenvalue weighted by Gasteiger charge is -2.21. The summed E-state index contributed by atoms with van der Waals surface area (Å²) in [5, 5.41) is 4.80. The molecular formula is C13H21N3S. The molecule has 1 unspecified atom stereocenters. The minimum atomic E-state index is 0.501. The van der Waals surface area contributed by atoms with Gasteiger partial charge in [0.2, 0.25) is 0 Å². The van der Waals surface area contributed by atoms with Crippen molar-refractivity contribution in [2.75, 3.05) is 18.5 Å². The van der Waals surface area contributed by atoms with Crippen LogP contribution in [0.5, 0.6) is 0 Å². The van der Waals surface area contributed by atoms with E-state index in [1.807, 2.05) is 11.3 Å². The smallest absolute Gasteiger partial charge is 0.185 e. The van der Waals surface area contributed by atoms with Gasteiger partial charge < -0.3 is 10.2 Å². The topological polar surface area (TPSA) is 28.2 Å². The maximum absolute atomic E-state index is 4.89. The molecule has 3 nitrogen and oxygen atoms in total. The van der Waals surface area contributed by atoms with Crippen molar-refractivity contribution in [1.82, 2.24) is 10.3 Å². The van der Waals surface area contributed by atoms with Crippen LogP contribution in [0, 0.1) is 0 Å². The van der Waals surface area contributed by atoms with Gasteiger partial charge in [-0.3, -0.25) is 0 Å². The van der Waals surface area contributed by atoms with Crippen LogP contribution in [0.25, 0.3) is 0 Å². The number of hydrogen-bond acceptors (Lipinski definition) is 4. The Balaban J connectivity index is 1.84. The number of nitrogens with zero attached hydrogens (tertiary/aromatic N) is 2. The van der Waals surface area contributed by atoms with E-state index in [-0.39, 0.29) is 0 Å². The largest absolute Gasteiger partial charge is 0.348 e. The first kappa shape index (κ1) is 11.5. The Morgan fingerprint density at radius 1 is 1.41 bits per heavy atom. The summed E-state index contributed by atoms with van der Waals surface area (Å²) in [6, 6.07) is 1.27. The normalized spacial score (nSPS) is 23.5. The quantitative estimate of drug-likeness (QED) is 0.892. The Kier molecular flexibility index (Phi) is 3.09. The van der Waals surface area contributed by atoms with Crippen LogP contribution in [-0.2, 0) is 6.42 Å². The molecule has 3 rings (SSSR count). The molecule has 2 aliphatic carbocycles. The third-order valence-corrected chi connectivity index (χ3v) is 5.01. The maximum Gasteiger partial charge on any atom is 0.185 e. The molecule has 0 saturated heterocycles. The molecule has 1 heterocycles. The van der Waals surface area contributed by atoms with E-state index < -0.39 is 0 Å². The molecule has 4 heteroatoms. The summed E-state index contributed by atoms with van der Waals surface area (Å²) in [6.07, 6.45) is 6.47. The lowest BCUT2D eigenvalue weighted by atomic mass is 9.98. The molecule has 1 N–H and O–H groups in total. The van der Waals surface area contributed by atoms with Gasteiger partial charge in [-0.2, -0.15) is 0 Å². The van der Waals surface area contributed by atoms with E-state index in [2.05, 4.69) is 24.2 Å². The van der Waals surface area contributed by atoms with E-state index in [1.165, 1.54) is 47.8 Å². The third kappa shape index (κ3) is 2.20. The summed E-state index contributed by atoms with van der Waals surface area (Å²) >= 11 is 1.92. The van der Waals surface area contributed by atoms with E-state index in [1.54, 1.807) is 0 Å². The Hall–Kier alpha value is -0.610. The number of anilines is 1. The number of fused-ring (bicyclic) bond motifs is 1. The monoisotopic (exact) mass is 251 g/mol. The number of aryl methyl sites for hydroxylation is 1. The fraction of sp³-hybridized carbons (Fsp3) is 0.769. The fourth-order valence-electron chi connectivity index (χ4n) is 2.62. The van der Waals surface area contributed by atoms with Gasteiger partial charge in [-0.05, 0) is 38.6 Å². The number of nitrogens with one attached hydrogen (secondary N) is 1. The van der Waals surface area contributed by atoms with Gasteiger partial charge in [0.15, 0.2) is 5.13 Å². The summed E-state index contributed by atoms with van der Waals surface area (Å²) < 4.78 is 0. The minimum Gasteiger partial charge on any atom is -0.348 e. The fourth-order valence-corrected chi connectivity index (χ4v) is 3.82. The molecular weight excluding hydrogens is 230 g/mol. The second-order valence-corrected chi connectivity index (χ2v) is 6.21. The molecule has 1 aromatic rings. The van der Waals surface area contributed by atoms with Gasteiger partial charge in [0.25, 0.3) is 0 Å².